The number of hydrogen-bond acceptors (Lipinski definition) is 8. The molecule has 0 spiro atoms. The fourth-order valence-corrected chi connectivity index (χ4v) is 4.39. The number of ketones is 1. The van der Waals surface area contributed by atoms with Crippen molar-refractivity contribution in [1.82, 2.24) is 4.98 Å². The Morgan fingerprint density at radius 2 is 1.85 bits per heavy atom. The minimum absolute atomic E-state index is 0.0250. The van der Waals surface area contributed by atoms with Crippen LogP contribution in [0.4, 0.5) is 17.6 Å². The van der Waals surface area contributed by atoms with Crippen LogP contribution in [0.5, 0.6) is 17.2 Å². The summed E-state index contributed by atoms with van der Waals surface area (Å²) in [6.07, 6.45) is -6.97. The number of halogens is 4. The number of rotatable bonds is 10. The maximum absolute atomic E-state index is 14.5. The van der Waals surface area contributed by atoms with Gasteiger partial charge in [0.05, 0.1) is 24.9 Å². The number of methoxy groups -OCH3 is 1. The smallest absolute Gasteiger partial charge is 0.422 e. The largest absolute Gasteiger partial charge is 0.493 e. The summed E-state index contributed by atoms with van der Waals surface area (Å²) in [4.78, 5) is 17.1. The van der Waals surface area contributed by atoms with Crippen LogP contribution >= 0.6 is 0 Å². The highest BCUT2D eigenvalue weighted by atomic mass is 19.4. The highest BCUT2D eigenvalue weighted by Crippen LogP contribution is 2.48. The first kappa shape index (κ1) is 29.2. The molecular formula is C28H28F4N2O6. The van der Waals surface area contributed by atoms with Gasteiger partial charge in [0.2, 0.25) is 5.60 Å². The van der Waals surface area contributed by atoms with Crippen molar-refractivity contribution >= 4 is 5.78 Å². The van der Waals surface area contributed by atoms with Gasteiger partial charge in [-0.3, -0.25) is 4.79 Å². The Morgan fingerprint density at radius 1 is 1.15 bits per heavy atom. The van der Waals surface area contributed by atoms with Gasteiger partial charge in [-0.2, -0.15) is 13.2 Å². The Balaban J connectivity index is 1.71. The third-order valence-electron chi connectivity index (χ3n) is 6.66. The second-order valence-corrected chi connectivity index (χ2v) is 9.66. The Hall–Kier alpha value is -3.74. The Morgan fingerprint density at radius 3 is 2.48 bits per heavy atom. The number of nitrogens with zero attached hydrogens (tertiary/aromatic N) is 1. The normalized spacial score (nSPS) is 18.0. The van der Waals surface area contributed by atoms with Crippen LogP contribution in [0.3, 0.4) is 0 Å². The molecule has 2 atom stereocenters. The van der Waals surface area contributed by atoms with E-state index in [1.807, 2.05) is 0 Å². The molecular weight excluding hydrogens is 536 g/mol. The van der Waals surface area contributed by atoms with E-state index < -0.39 is 47.5 Å². The van der Waals surface area contributed by atoms with Crippen LogP contribution in [-0.4, -0.2) is 54.1 Å². The van der Waals surface area contributed by atoms with Gasteiger partial charge >= 0.3 is 6.18 Å². The van der Waals surface area contributed by atoms with Gasteiger partial charge in [0.25, 0.3) is 0 Å². The molecule has 0 saturated carbocycles. The summed E-state index contributed by atoms with van der Waals surface area (Å²) in [6.45, 7) is 1.23. The molecule has 1 aliphatic rings. The molecule has 2 heterocycles. The van der Waals surface area contributed by atoms with Crippen LogP contribution in [0.1, 0.15) is 41.4 Å². The summed E-state index contributed by atoms with van der Waals surface area (Å²) in [7, 11) is 1.32. The molecule has 214 valence electrons. The third-order valence-corrected chi connectivity index (χ3v) is 6.66. The number of aliphatic hydroxyl groups excluding tert-OH is 1. The van der Waals surface area contributed by atoms with Gasteiger partial charge in [-0.1, -0.05) is 0 Å². The molecule has 0 radical (unpaired) electrons. The van der Waals surface area contributed by atoms with Crippen LogP contribution in [0.25, 0.3) is 11.3 Å². The van der Waals surface area contributed by atoms with Crippen LogP contribution < -0.4 is 19.9 Å². The molecule has 8 nitrogen and oxygen atoms in total. The number of aromatic nitrogens is 1. The number of alkyl halides is 3. The van der Waals surface area contributed by atoms with Crippen molar-refractivity contribution in [3.63, 3.8) is 0 Å². The minimum Gasteiger partial charge on any atom is -0.493 e. The van der Waals surface area contributed by atoms with Crippen LogP contribution in [-0.2, 0) is 11.1 Å². The van der Waals surface area contributed by atoms with Gasteiger partial charge in [0.15, 0.2) is 23.0 Å². The Kier molecular flexibility index (Phi) is 8.06. The number of carbonyl (C=O) groups is 1. The highest BCUT2D eigenvalue weighted by molar-refractivity contribution is 5.96. The van der Waals surface area contributed by atoms with E-state index in [0.717, 1.165) is 18.2 Å². The molecule has 3 aromatic rings. The molecule has 40 heavy (non-hydrogen) atoms. The quantitative estimate of drug-likeness (QED) is 0.247. The number of nitrogens with two attached hydrogens (primary N) is 1. The predicted molar refractivity (Wildman–Crippen MR) is 136 cm³/mol. The lowest BCUT2D eigenvalue weighted by molar-refractivity contribution is -0.270. The number of ether oxygens (including phenoxy) is 3. The monoisotopic (exact) mass is 564 g/mol. The molecule has 0 saturated heterocycles. The van der Waals surface area contributed by atoms with E-state index in [1.165, 1.54) is 37.4 Å². The average molecular weight is 565 g/mol. The van der Waals surface area contributed by atoms with Crippen LogP contribution in [0, 0.1) is 5.82 Å². The van der Waals surface area contributed by atoms with Crippen molar-refractivity contribution in [3.8, 4) is 28.5 Å². The number of carbonyl (C=O) groups excluding carboxylic acids is 1. The zero-order valence-electron chi connectivity index (χ0n) is 21.7. The fourth-order valence-electron chi connectivity index (χ4n) is 4.39. The number of hydrogen-bond donors (Lipinski definition) is 3. The zero-order chi connectivity index (χ0) is 29.3. The van der Waals surface area contributed by atoms with E-state index >= 15 is 0 Å². The molecule has 4 N–H and O–H groups in total. The summed E-state index contributed by atoms with van der Waals surface area (Å²) in [5.41, 5.74) is 1.24. The standard InChI is InChI=1S/C28H28F4N2O6/c1-26(33)15-40-25-19(26)14-23(34-24(25)16-3-6-18(29)7-4-16)27(37,28(30,31)32)10-9-20(36)17-5-8-21(39-12-11-35)22(13-17)38-2/h3-8,13-14,35,37H,9-12,15,33H2,1-2H3/t26-,27-/m0/s1. The minimum atomic E-state index is -5.22. The zero-order valence-corrected chi connectivity index (χ0v) is 21.7. The van der Waals surface area contributed by atoms with Crippen LogP contribution in [0.15, 0.2) is 48.5 Å². The van der Waals surface area contributed by atoms with Gasteiger partial charge in [-0.25, -0.2) is 9.37 Å². The first-order valence-electron chi connectivity index (χ1n) is 12.3. The van der Waals surface area contributed by atoms with Crippen molar-refractivity contribution < 1.29 is 46.8 Å². The molecule has 0 amide bonds. The Bertz CT molecular complexity index is 1390. The van der Waals surface area contributed by atoms with E-state index in [1.54, 1.807) is 6.92 Å². The molecule has 4 rings (SSSR count). The summed E-state index contributed by atoms with van der Waals surface area (Å²) >= 11 is 0. The molecule has 0 bridgehead atoms. The molecule has 0 unspecified atom stereocenters. The van der Waals surface area contributed by atoms with Crippen molar-refractivity contribution in [3.05, 3.63) is 71.2 Å². The molecule has 2 aromatic carbocycles. The number of aliphatic hydroxyl groups is 2. The average Bonchev–Trinajstić information content (AvgIpc) is 3.23. The molecule has 0 aliphatic carbocycles. The summed E-state index contributed by atoms with van der Waals surface area (Å²) < 4.78 is 73.2. The SMILES string of the molecule is COc1cc(C(=O)CC[C@](O)(c2cc3c(c(-c4ccc(F)cc4)n2)OC[C@]3(C)N)C(F)(F)F)ccc1OCCO. The van der Waals surface area contributed by atoms with Crippen molar-refractivity contribution in [2.24, 2.45) is 5.73 Å². The summed E-state index contributed by atoms with van der Waals surface area (Å²) in [6, 6.07) is 10.00. The lowest BCUT2D eigenvalue weighted by atomic mass is 9.86. The van der Waals surface area contributed by atoms with Crippen molar-refractivity contribution in [2.45, 2.75) is 37.1 Å². The number of fused-ring (bicyclic) bond motifs is 1. The van der Waals surface area contributed by atoms with Gasteiger partial charge in [-0.05, 0) is 61.9 Å². The highest BCUT2D eigenvalue weighted by Gasteiger charge is 2.56. The van der Waals surface area contributed by atoms with E-state index in [4.69, 9.17) is 25.1 Å². The molecule has 1 aliphatic heterocycles. The number of Topliss-reactive ketones (excluding diaryl/α,β-unsaturated/α-hetero) is 1. The van der Waals surface area contributed by atoms with E-state index in [2.05, 4.69) is 4.98 Å². The summed E-state index contributed by atoms with van der Waals surface area (Å²) in [5.74, 6) is -0.728. The van der Waals surface area contributed by atoms with Gasteiger partial charge in [0, 0.05) is 23.1 Å². The first-order valence-corrected chi connectivity index (χ1v) is 12.3. The van der Waals surface area contributed by atoms with Gasteiger partial charge in [0.1, 0.15) is 24.7 Å². The second-order valence-electron chi connectivity index (χ2n) is 9.66. The molecule has 1 aromatic heterocycles. The lowest BCUT2D eigenvalue weighted by Gasteiger charge is -2.31. The molecule has 0 fully saturated rings. The maximum atomic E-state index is 14.5. The lowest BCUT2D eigenvalue weighted by Crippen LogP contribution is -2.44. The first-order chi connectivity index (χ1) is 18.8. The number of benzene rings is 2. The molecule has 12 heteroatoms. The van der Waals surface area contributed by atoms with E-state index in [0.29, 0.717) is 0 Å². The predicted octanol–water partition coefficient (Wildman–Crippen LogP) is 4.25. The van der Waals surface area contributed by atoms with Crippen molar-refractivity contribution in [1.29, 1.82) is 0 Å². The van der Waals surface area contributed by atoms with Gasteiger partial charge in [-0.15, -0.1) is 0 Å². The fraction of sp³-hybridized carbons (Fsp3) is 0.357. The van der Waals surface area contributed by atoms with Crippen LogP contribution in [0.2, 0.25) is 0 Å². The topological polar surface area (TPSA) is 124 Å². The number of pyridine rings is 1. The summed E-state index contributed by atoms with van der Waals surface area (Å²) in [5, 5.41) is 20.1. The van der Waals surface area contributed by atoms with E-state index in [9.17, 15) is 27.5 Å². The third kappa shape index (κ3) is 5.60. The Labute approximate surface area is 227 Å². The van der Waals surface area contributed by atoms with Gasteiger partial charge < -0.3 is 30.2 Å². The maximum Gasteiger partial charge on any atom is 0.422 e. The van der Waals surface area contributed by atoms with E-state index in [-0.39, 0.29) is 59.5 Å². The second kappa shape index (κ2) is 11.0. The van der Waals surface area contributed by atoms with Crippen molar-refractivity contribution in [2.75, 3.05) is 26.9 Å².